The molecule has 11 heteroatoms. The minimum atomic E-state index is -0.410. The molecule has 2 aliphatic heterocycles. The van der Waals surface area contributed by atoms with Crippen LogP contribution in [-0.2, 0) is 4.79 Å². The summed E-state index contributed by atoms with van der Waals surface area (Å²) in [5, 5.41) is 19.0. The first kappa shape index (κ1) is 22.8. The fourth-order valence-electron chi connectivity index (χ4n) is 3.79. The van der Waals surface area contributed by atoms with Gasteiger partial charge in [-0.1, -0.05) is 30.0 Å². The lowest BCUT2D eigenvalue weighted by molar-refractivity contribution is -0.759. The molecule has 3 aromatic rings. The molecule has 0 N–H and O–H groups in total. The van der Waals surface area contributed by atoms with E-state index in [1.807, 2.05) is 30.3 Å². The van der Waals surface area contributed by atoms with Crippen LogP contribution < -0.4 is 19.8 Å². The summed E-state index contributed by atoms with van der Waals surface area (Å²) in [4.78, 5) is 28.8. The van der Waals surface area contributed by atoms with E-state index in [9.17, 15) is 9.90 Å². The van der Waals surface area contributed by atoms with Crippen LogP contribution in [0.2, 0.25) is 0 Å². The van der Waals surface area contributed by atoms with Crippen LogP contribution in [-0.4, -0.2) is 46.1 Å². The van der Waals surface area contributed by atoms with E-state index in [0.29, 0.717) is 10.9 Å². The third-order valence-corrected chi connectivity index (χ3v) is 6.40. The number of rotatable bonds is 6. The van der Waals surface area contributed by atoms with Crippen molar-refractivity contribution in [3.8, 4) is 0 Å². The van der Waals surface area contributed by atoms with Crippen LogP contribution in [0.4, 0.5) is 11.6 Å². The number of benzene rings is 1. The van der Waals surface area contributed by atoms with E-state index in [-0.39, 0.29) is 23.2 Å². The Balaban J connectivity index is 1.33. The van der Waals surface area contributed by atoms with Crippen LogP contribution in [0.15, 0.2) is 81.3 Å². The Morgan fingerprint density at radius 1 is 1.14 bits per heavy atom. The van der Waals surface area contributed by atoms with Crippen molar-refractivity contribution in [2.24, 2.45) is 9.98 Å². The largest absolute Gasteiger partial charge is 0.861 e. The summed E-state index contributed by atoms with van der Waals surface area (Å²) in [6.07, 6.45) is 10.0. The lowest BCUT2D eigenvalue weighted by Crippen LogP contribution is -2.60. The molecule has 4 heterocycles. The molecule has 0 atom stereocenters. The Bertz CT molecular complexity index is 1270. The predicted molar refractivity (Wildman–Crippen MR) is 132 cm³/mol. The molecule has 0 unspecified atom stereocenters. The number of thioether (sulfide) groups is 1. The first-order chi connectivity index (χ1) is 17.2. The number of hydrogen-bond donors (Lipinski definition) is 0. The number of carbonyl (C=O) groups excluding carboxylic acids is 1. The third-order valence-electron chi connectivity index (χ3n) is 5.48. The molecule has 1 aromatic carbocycles. The summed E-state index contributed by atoms with van der Waals surface area (Å²) in [5.41, 5.74) is 1.76. The van der Waals surface area contributed by atoms with Gasteiger partial charge in [0.1, 0.15) is 5.70 Å². The zero-order valence-electron chi connectivity index (χ0n) is 18.9. The van der Waals surface area contributed by atoms with Gasteiger partial charge in [0.2, 0.25) is 5.27 Å². The number of anilines is 1. The first-order valence-electron chi connectivity index (χ1n) is 11.3. The van der Waals surface area contributed by atoms with Crippen LogP contribution in [0.5, 0.6) is 0 Å². The van der Waals surface area contributed by atoms with Gasteiger partial charge >= 0.3 is 5.88 Å². The summed E-state index contributed by atoms with van der Waals surface area (Å²) in [6, 6.07) is 12.8. The molecule has 5 rings (SSSR count). The topological polar surface area (TPSA) is 114 Å². The maximum absolute atomic E-state index is 13.2. The smallest absolute Gasteiger partial charge is 0.324 e. The number of para-hydroxylation sites is 1. The number of hydrogen-bond acceptors (Lipinski definition) is 9. The molecule has 0 bridgehead atoms. The molecule has 0 aliphatic carbocycles. The number of aliphatic imine (C=N–C) groups is 2. The van der Waals surface area contributed by atoms with Crippen molar-refractivity contribution in [3.63, 3.8) is 0 Å². The van der Waals surface area contributed by atoms with Gasteiger partial charge in [0.25, 0.3) is 12.1 Å². The molecule has 2 aromatic heterocycles. The van der Waals surface area contributed by atoms with Gasteiger partial charge in [0.05, 0.1) is 23.6 Å². The highest BCUT2D eigenvalue weighted by Crippen LogP contribution is 2.29. The number of piperidine rings is 1. The molecule has 1 fully saturated rings. The van der Waals surface area contributed by atoms with E-state index >= 15 is 0 Å². The minimum absolute atomic E-state index is 0.0115. The summed E-state index contributed by atoms with van der Waals surface area (Å²) < 4.78 is 5.22. The van der Waals surface area contributed by atoms with Crippen molar-refractivity contribution in [2.45, 2.75) is 19.3 Å². The Labute approximate surface area is 206 Å². The van der Waals surface area contributed by atoms with Gasteiger partial charge in [-0.05, 0) is 61.1 Å². The maximum Gasteiger partial charge on any atom is 0.324 e. The van der Waals surface area contributed by atoms with E-state index in [1.54, 1.807) is 41.6 Å². The molecule has 10 nitrogen and oxygen atoms in total. The van der Waals surface area contributed by atoms with Crippen LogP contribution in [0.1, 0.15) is 24.8 Å². The number of amides is 1. The van der Waals surface area contributed by atoms with Gasteiger partial charge < -0.3 is 5.11 Å². The van der Waals surface area contributed by atoms with Crippen LogP contribution in [0, 0.1) is 0 Å². The second-order valence-electron chi connectivity index (χ2n) is 7.95. The van der Waals surface area contributed by atoms with Crippen molar-refractivity contribution >= 4 is 46.4 Å². The van der Waals surface area contributed by atoms with E-state index in [4.69, 9.17) is 4.52 Å². The fraction of sp³-hybridized carbons (Fsp3) is 0.250. The Morgan fingerprint density at radius 2 is 1.91 bits per heavy atom. The Kier molecular flexibility index (Phi) is 6.85. The van der Waals surface area contributed by atoms with Crippen molar-refractivity contribution < 1.29 is 19.2 Å². The molecule has 178 valence electrons. The second kappa shape index (κ2) is 10.5. The highest BCUT2D eigenvalue weighted by Gasteiger charge is 2.32. The highest BCUT2D eigenvalue weighted by atomic mass is 32.2. The molecular weight excluding hydrogens is 466 g/mol. The molecular formula is C24H23N7O3S. The normalized spacial score (nSPS) is 17.8. The van der Waals surface area contributed by atoms with Gasteiger partial charge in [-0.3, -0.25) is 19.2 Å². The monoisotopic (exact) mass is 489 g/mol. The van der Waals surface area contributed by atoms with E-state index in [0.717, 1.165) is 43.3 Å². The number of pyridine rings is 1. The zero-order valence-corrected chi connectivity index (χ0v) is 19.7. The summed E-state index contributed by atoms with van der Waals surface area (Å²) in [5.74, 6) is -0.546. The molecule has 0 spiro atoms. The maximum atomic E-state index is 13.2. The molecule has 2 aliphatic rings. The van der Waals surface area contributed by atoms with Crippen molar-refractivity contribution in [1.29, 1.82) is 0 Å². The molecule has 0 saturated carbocycles. The van der Waals surface area contributed by atoms with E-state index in [1.165, 1.54) is 11.3 Å². The number of amidine groups is 1. The first-order valence-corrected chi connectivity index (χ1v) is 12.3. The lowest BCUT2D eigenvalue weighted by atomic mass is 10.2. The second-order valence-corrected chi connectivity index (χ2v) is 8.89. The molecule has 0 radical (unpaired) electrons. The fourth-order valence-corrected chi connectivity index (χ4v) is 4.59. The predicted octanol–water partition coefficient (Wildman–Crippen LogP) is 2.05. The standard InChI is InChI=1S/C24H23N7O3S/c32-21(27-22-16-30(28-34-22)29-13-5-2-6-14-29)17-35-24-26-20(15-18-9-11-25-12-10-18)23(33)31(24)19-7-3-1-4-8-19/h1,3-4,7-12,15-16H,2,5-6,13-14,17H2/b20-15+. The lowest BCUT2D eigenvalue weighted by Gasteiger charge is -2.18. The van der Waals surface area contributed by atoms with Gasteiger partial charge in [-0.25, -0.2) is 9.98 Å². The zero-order chi connectivity index (χ0) is 24.0. The van der Waals surface area contributed by atoms with Gasteiger partial charge in [-0.2, -0.15) is 5.01 Å². The number of carbonyl (C=O) groups is 1. The molecule has 1 saturated heterocycles. The highest BCUT2D eigenvalue weighted by molar-refractivity contribution is 8.14. The number of nitrogens with zero attached hydrogens (tertiary/aromatic N) is 7. The minimum Gasteiger partial charge on any atom is -0.861 e. The summed E-state index contributed by atoms with van der Waals surface area (Å²) >= 11 is 1.15. The Morgan fingerprint density at radius 3 is 2.69 bits per heavy atom. The Hall–Kier alpha value is -3.99. The van der Waals surface area contributed by atoms with Gasteiger partial charge in [0.15, 0.2) is 5.17 Å². The van der Waals surface area contributed by atoms with Crippen LogP contribution in [0.25, 0.3) is 6.08 Å². The average Bonchev–Trinajstić information content (AvgIpc) is 3.49. The molecule has 35 heavy (non-hydrogen) atoms. The number of aromatic nitrogens is 3. The van der Waals surface area contributed by atoms with E-state index < -0.39 is 5.90 Å². The molecule has 1 amide bonds. The van der Waals surface area contributed by atoms with Gasteiger partial charge in [0, 0.05) is 18.1 Å². The summed E-state index contributed by atoms with van der Waals surface area (Å²) in [7, 11) is 0. The van der Waals surface area contributed by atoms with Gasteiger partial charge in [-0.15, -0.1) is 0 Å². The van der Waals surface area contributed by atoms with Crippen molar-refractivity contribution in [1.82, 2.24) is 10.3 Å². The summed E-state index contributed by atoms with van der Waals surface area (Å²) in [6.45, 7) is 1.78. The average molecular weight is 490 g/mol. The van der Waals surface area contributed by atoms with Crippen LogP contribution >= 0.6 is 11.8 Å². The van der Waals surface area contributed by atoms with Crippen molar-refractivity contribution in [3.05, 3.63) is 72.3 Å². The van der Waals surface area contributed by atoms with E-state index in [2.05, 4.69) is 25.2 Å². The third kappa shape index (κ3) is 5.40. The van der Waals surface area contributed by atoms with Crippen LogP contribution in [0.3, 0.4) is 0 Å². The van der Waals surface area contributed by atoms with Crippen molar-refractivity contribution in [2.75, 3.05) is 28.8 Å². The quantitative estimate of drug-likeness (QED) is 0.225. The SMILES string of the molecule is O=C1/C(=C\c2ccncc2)N=C(SC/C([O-])=N\c2c[n+](N3CCCCC3)no2)N1c1ccccc1.